The SMILES string of the molecule is CCCc1cc(=O)n2c(n1)SCC2CC(=O)Nc1ccc(Br)cc1F. The maximum absolute atomic E-state index is 13.8. The first-order valence-corrected chi connectivity index (χ1v) is 9.76. The van der Waals surface area contributed by atoms with Gasteiger partial charge >= 0.3 is 0 Å². The molecule has 0 radical (unpaired) electrons. The molecule has 0 spiro atoms. The van der Waals surface area contributed by atoms with Crippen LogP contribution in [-0.4, -0.2) is 21.2 Å². The van der Waals surface area contributed by atoms with E-state index in [1.807, 2.05) is 6.92 Å². The average molecular weight is 426 g/mol. The number of fused-ring (bicyclic) bond motifs is 1. The Labute approximate surface area is 157 Å². The van der Waals surface area contributed by atoms with Crippen molar-refractivity contribution < 1.29 is 9.18 Å². The number of carbonyl (C=O) groups excluding carboxylic acids is 1. The summed E-state index contributed by atoms with van der Waals surface area (Å²) in [6, 6.07) is 5.72. The zero-order valence-electron chi connectivity index (χ0n) is 13.6. The van der Waals surface area contributed by atoms with E-state index in [4.69, 9.17) is 0 Å². The lowest BCUT2D eigenvalue weighted by molar-refractivity contribution is -0.116. The highest BCUT2D eigenvalue weighted by Gasteiger charge is 2.27. The summed E-state index contributed by atoms with van der Waals surface area (Å²) in [5.41, 5.74) is 0.780. The molecular weight excluding hydrogens is 409 g/mol. The number of hydrogen-bond donors (Lipinski definition) is 1. The largest absolute Gasteiger partial charge is 0.324 e. The summed E-state index contributed by atoms with van der Waals surface area (Å²) in [4.78, 5) is 29.1. The van der Waals surface area contributed by atoms with Crippen molar-refractivity contribution in [2.75, 3.05) is 11.1 Å². The van der Waals surface area contributed by atoms with E-state index in [-0.39, 0.29) is 29.6 Å². The number of nitrogens with one attached hydrogen (secondary N) is 1. The zero-order chi connectivity index (χ0) is 18.0. The van der Waals surface area contributed by atoms with Crippen molar-refractivity contribution in [3.8, 4) is 0 Å². The molecule has 5 nitrogen and oxygen atoms in total. The number of benzene rings is 1. The van der Waals surface area contributed by atoms with Gasteiger partial charge in [-0.3, -0.25) is 14.2 Å². The van der Waals surface area contributed by atoms with Gasteiger partial charge in [0.05, 0.1) is 11.7 Å². The van der Waals surface area contributed by atoms with E-state index >= 15 is 0 Å². The fourth-order valence-corrected chi connectivity index (χ4v) is 4.24. The molecule has 0 saturated carbocycles. The summed E-state index contributed by atoms with van der Waals surface area (Å²) in [5, 5.41) is 3.22. The molecule has 1 atom stereocenters. The summed E-state index contributed by atoms with van der Waals surface area (Å²) >= 11 is 4.65. The van der Waals surface area contributed by atoms with Crippen molar-refractivity contribution in [1.29, 1.82) is 0 Å². The first kappa shape index (κ1) is 18.1. The number of amides is 1. The Hall–Kier alpha value is -1.67. The molecule has 132 valence electrons. The third kappa shape index (κ3) is 4.12. The van der Waals surface area contributed by atoms with Gasteiger partial charge in [0.15, 0.2) is 5.16 Å². The van der Waals surface area contributed by atoms with E-state index < -0.39 is 5.82 Å². The molecule has 0 bridgehead atoms. The molecule has 1 N–H and O–H groups in total. The van der Waals surface area contributed by atoms with Crippen molar-refractivity contribution >= 4 is 39.3 Å². The van der Waals surface area contributed by atoms with Gasteiger partial charge in [-0.15, -0.1) is 0 Å². The van der Waals surface area contributed by atoms with Crippen LogP contribution >= 0.6 is 27.7 Å². The molecule has 1 unspecified atom stereocenters. The zero-order valence-corrected chi connectivity index (χ0v) is 16.0. The van der Waals surface area contributed by atoms with E-state index in [0.29, 0.717) is 15.4 Å². The van der Waals surface area contributed by atoms with Crippen molar-refractivity contribution in [3.63, 3.8) is 0 Å². The quantitative estimate of drug-likeness (QED) is 0.740. The molecule has 1 aliphatic rings. The van der Waals surface area contributed by atoms with Gasteiger partial charge in [0, 0.05) is 28.4 Å². The summed E-state index contributed by atoms with van der Waals surface area (Å²) in [6.45, 7) is 2.04. The minimum Gasteiger partial charge on any atom is -0.324 e. The van der Waals surface area contributed by atoms with E-state index in [1.54, 1.807) is 10.6 Å². The molecule has 2 heterocycles. The Morgan fingerprint density at radius 1 is 1.48 bits per heavy atom. The average Bonchev–Trinajstić information content (AvgIpc) is 2.94. The first-order valence-electron chi connectivity index (χ1n) is 7.98. The lowest BCUT2D eigenvalue weighted by atomic mass is 10.2. The summed E-state index contributed by atoms with van der Waals surface area (Å²) < 4.78 is 16.0. The monoisotopic (exact) mass is 425 g/mol. The summed E-state index contributed by atoms with van der Waals surface area (Å²) in [5.74, 6) is -0.232. The topological polar surface area (TPSA) is 64.0 Å². The molecule has 25 heavy (non-hydrogen) atoms. The normalized spacial score (nSPS) is 15.9. The molecule has 1 aromatic carbocycles. The van der Waals surface area contributed by atoms with Crippen LogP contribution in [0, 0.1) is 5.82 Å². The van der Waals surface area contributed by atoms with Gasteiger partial charge in [-0.1, -0.05) is 41.0 Å². The molecular formula is C17H17BrFN3O2S. The molecule has 0 saturated heterocycles. The van der Waals surface area contributed by atoms with Gasteiger partial charge in [0.1, 0.15) is 5.82 Å². The number of nitrogens with zero attached hydrogens (tertiary/aromatic N) is 2. The molecule has 1 amide bonds. The smallest absolute Gasteiger partial charge is 0.254 e. The number of thioether (sulfide) groups is 1. The number of rotatable bonds is 5. The lowest BCUT2D eigenvalue weighted by Crippen LogP contribution is -2.28. The van der Waals surface area contributed by atoms with Crippen LogP contribution in [0.3, 0.4) is 0 Å². The highest BCUT2D eigenvalue weighted by atomic mass is 79.9. The van der Waals surface area contributed by atoms with E-state index in [9.17, 15) is 14.0 Å². The predicted molar refractivity (Wildman–Crippen MR) is 99.6 cm³/mol. The molecule has 2 aromatic rings. The second-order valence-corrected chi connectivity index (χ2v) is 7.73. The van der Waals surface area contributed by atoms with Crippen LogP contribution in [0.1, 0.15) is 31.5 Å². The van der Waals surface area contributed by atoms with Crippen LogP contribution in [0.15, 0.2) is 38.7 Å². The van der Waals surface area contributed by atoms with Crippen molar-refractivity contribution in [2.24, 2.45) is 0 Å². The second kappa shape index (κ2) is 7.70. The fourth-order valence-electron chi connectivity index (χ4n) is 2.74. The molecule has 3 rings (SSSR count). The van der Waals surface area contributed by atoms with Crippen molar-refractivity contribution in [1.82, 2.24) is 9.55 Å². The van der Waals surface area contributed by atoms with Crippen LogP contribution in [0.4, 0.5) is 10.1 Å². The molecule has 8 heteroatoms. The van der Waals surface area contributed by atoms with Crippen LogP contribution in [0.25, 0.3) is 0 Å². The third-order valence-corrected chi connectivity index (χ3v) is 5.47. The minimum absolute atomic E-state index is 0.101. The van der Waals surface area contributed by atoms with Crippen molar-refractivity contribution in [2.45, 2.75) is 37.4 Å². The van der Waals surface area contributed by atoms with Crippen LogP contribution < -0.4 is 10.9 Å². The van der Waals surface area contributed by atoms with Gasteiger partial charge in [-0.2, -0.15) is 0 Å². The standard InChI is InChI=1S/C17H17BrFN3O2S/c1-2-3-11-7-16(24)22-12(9-25-17(22)20-11)8-15(23)21-14-5-4-10(18)6-13(14)19/h4-7,12H,2-3,8-9H2,1H3,(H,21,23). The molecule has 0 aliphatic carbocycles. The highest BCUT2D eigenvalue weighted by Crippen LogP contribution is 2.32. The Morgan fingerprint density at radius 3 is 3.00 bits per heavy atom. The molecule has 1 aliphatic heterocycles. The Morgan fingerprint density at radius 2 is 2.28 bits per heavy atom. The summed E-state index contributed by atoms with van der Waals surface area (Å²) in [6.07, 6.45) is 1.78. The summed E-state index contributed by atoms with van der Waals surface area (Å²) in [7, 11) is 0. The Bertz CT molecular complexity index is 871. The number of aryl methyl sites for hydroxylation is 1. The predicted octanol–water partition coefficient (Wildman–Crippen LogP) is 3.77. The van der Waals surface area contributed by atoms with Crippen molar-refractivity contribution in [3.05, 3.63) is 50.6 Å². The molecule has 0 fully saturated rings. The Balaban J connectivity index is 1.73. The highest BCUT2D eigenvalue weighted by molar-refractivity contribution is 9.10. The molecule has 1 aromatic heterocycles. The number of anilines is 1. The third-order valence-electron chi connectivity index (χ3n) is 3.88. The number of hydrogen-bond acceptors (Lipinski definition) is 4. The number of carbonyl (C=O) groups is 1. The van der Waals surface area contributed by atoms with E-state index in [0.717, 1.165) is 18.5 Å². The first-order chi connectivity index (χ1) is 12.0. The maximum atomic E-state index is 13.8. The maximum Gasteiger partial charge on any atom is 0.254 e. The van der Waals surface area contributed by atoms with Gasteiger partial charge in [-0.05, 0) is 24.6 Å². The second-order valence-electron chi connectivity index (χ2n) is 5.83. The van der Waals surface area contributed by atoms with E-state index in [2.05, 4.69) is 26.2 Å². The van der Waals surface area contributed by atoms with Crippen LogP contribution in [-0.2, 0) is 11.2 Å². The Kier molecular flexibility index (Phi) is 5.58. The fraction of sp³-hybridized carbons (Fsp3) is 0.353. The van der Waals surface area contributed by atoms with Gasteiger partial charge < -0.3 is 5.32 Å². The number of aromatic nitrogens is 2. The number of halogens is 2. The van der Waals surface area contributed by atoms with Gasteiger partial charge in [-0.25, -0.2) is 9.37 Å². The van der Waals surface area contributed by atoms with E-state index in [1.165, 1.54) is 30.0 Å². The minimum atomic E-state index is -0.507. The van der Waals surface area contributed by atoms with Gasteiger partial charge in [0.2, 0.25) is 5.91 Å². The van der Waals surface area contributed by atoms with Crippen LogP contribution in [0.2, 0.25) is 0 Å². The van der Waals surface area contributed by atoms with Gasteiger partial charge in [0.25, 0.3) is 5.56 Å². The lowest BCUT2D eigenvalue weighted by Gasteiger charge is -2.14. The van der Waals surface area contributed by atoms with Crippen LogP contribution in [0.5, 0.6) is 0 Å².